The molecule has 0 saturated heterocycles. The van der Waals surface area contributed by atoms with Gasteiger partial charge in [-0.15, -0.1) is 0 Å². The molecule has 0 aromatic heterocycles. The van der Waals surface area contributed by atoms with E-state index in [4.69, 9.17) is 0 Å². The second-order valence-corrected chi connectivity index (χ2v) is 7.29. The summed E-state index contributed by atoms with van der Waals surface area (Å²) in [6, 6.07) is 12.1. The summed E-state index contributed by atoms with van der Waals surface area (Å²) in [5.41, 5.74) is 1.85. The van der Waals surface area contributed by atoms with Crippen LogP contribution >= 0.6 is 0 Å². The van der Waals surface area contributed by atoms with E-state index in [1.165, 1.54) is 23.1 Å². The molecule has 0 radical (unpaired) electrons. The Bertz CT molecular complexity index is 1100. The highest BCUT2D eigenvalue weighted by Crippen LogP contribution is 2.44. The lowest BCUT2D eigenvalue weighted by atomic mass is 9.77. The second-order valence-electron chi connectivity index (χ2n) is 7.29. The number of benzene rings is 2. The quantitative estimate of drug-likeness (QED) is 0.609. The van der Waals surface area contributed by atoms with E-state index in [9.17, 15) is 29.6 Å². The summed E-state index contributed by atoms with van der Waals surface area (Å²) < 4.78 is 0. The number of ketones is 1. The summed E-state index contributed by atoms with van der Waals surface area (Å²) in [6.45, 7) is 0. The van der Waals surface area contributed by atoms with Crippen LogP contribution in [0.4, 0.5) is 11.4 Å². The van der Waals surface area contributed by atoms with E-state index in [-0.39, 0.29) is 35.0 Å². The van der Waals surface area contributed by atoms with Crippen molar-refractivity contribution in [3.63, 3.8) is 0 Å². The fraction of sp³-hybridized carbons (Fsp3) is 0.227. The Hall–Kier alpha value is -3.81. The molecular weight excluding hydrogens is 388 g/mol. The zero-order valence-corrected chi connectivity index (χ0v) is 15.9. The Morgan fingerprint density at radius 1 is 1.07 bits per heavy atom. The van der Waals surface area contributed by atoms with Gasteiger partial charge in [0.15, 0.2) is 5.78 Å². The number of Topliss-reactive ketones (excluding diaryl/α,β-unsaturated/α-hetero) is 1. The molecule has 0 fully saturated rings. The molecule has 1 amide bonds. The number of rotatable bonds is 4. The first-order chi connectivity index (χ1) is 14.4. The molecule has 2 aromatic carbocycles. The van der Waals surface area contributed by atoms with Crippen molar-refractivity contribution in [3.05, 3.63) is 81.0 Å². The van der Waals surface area contributed by atoms with E-state index in [2.05, 4.69) is 0 Å². The topological polar surface area (TPSA) is 118 Å². The normalized spacial score (nSPS) is 18.9. The van der Waals surface area contributed by atoms with Crippen molar-refractivity contribution in [2.45, 2.75) is 31.6 Å². The number of carboxylic acid groups (broad SMARTS) is 1. The number of nitrogens with zero attached hydrogens (tertiary/aromatic N) is 2. The lowest BCUT2D eigenvalue weighted by Crippen LogP contribution is -2.41. The van der Waals surface area contributed by atoms with Gasteiger partial charge in [-0.3, -0.25) is 24.6 Å². The van der Waals surface area contributed by atoms with Gasteiger partial charge in [-0.2, -0.15) is 0 Å². The van der Waals surface area contributed by atoms with E-state index in [0.717, 1.165) is 0 Å². The number of amides is 1. The highest BCUT2D eigenvalue weighted by molar-refractivity contribution is 6.10. The molecule has 152 valence electrons. The summed E-state index contributed by atoms with van der Waals surface area (Å²) in [4.78, 5) is 49.5. The van der Waals surface area contributed by atoms with Gasteiger partial charge < -0.3 is 5.11 Å². The van der Waals surface area contributed by atoms with Crippen molar-refractivity contribution < 1.29 is 24.4 Å². The Balaban J connectivity index is 1.85. The number of allylic oxidation sites excluding steroid dienone is 2. The SMILES string of the molecule is O=C1CCCC2=C1[C@@H](c1ccc([N+](=O)[O-])cc1)CC(=O)N2c1ccccc1C(=O)O. The van der Waals surface area contributed by atoms with Crippen molar-refractivity contribution >= 4 is 29.0 Å². The third-order valence-corrected chi connectivity index (χ3v) is 5.56. The molecule has 1 aliphatic heterocycles. The van der Waals surface area contributed by atoms with Crippen LogP contribution in [-0.4, -0.2) is 27.7 Å². The molecule has 1 heterocycles. The van der Waals surface area contributed by atoms with Gasteiger partial charge in [0, 0.05) is 42.2 Å². The van der Waals surface area contributed by atoms with Crippen LogP contribution in [0.25, 0.3) is 0 Å². The summed E-state index contributed by atoms with van der Waals surface area (Å²) in [5, 5.41) is 20.5. The van der Waals surface area contributed by atoms with Gasteiger partial charge in [-0.25, -0.2) is 4.79 Å². The molecule has 0 saturated carbocycles. The predicted octanol–water partition coefficient (Wildman–Crippen LogP) is 3.82. The Morgan fingerprint density at radius 2 is 1.77 bits per heavy atom. The van der Waals surface area contributed by atoms with Crippen LogP contribution in [0.2, 0.25) is 0 Å². The average Bonchev–Trinajstić information content (AvgIpc) is 2.73. The van der Waals surface area contributed by atoms with Crippen molar-refractivity contribution in [1.29, 1.82) is 0 Å². The smallest absolute Gasteiger partial charge is 0.337 e. The van der Waals surface area contributed by atoms with Crippen molar-refractivity contribution in [2.75, 3.05) is 4.90 Å². The number of hydrogen-bond donors (Lipinski definition) is 1. The van der Waals surface area contributed by atoms with Gasteiger partial charge in [-0.05, 0) is 30.5 Å². The van der Waals surface area contributed by atoms with Crippen LogP contribution < -0.4 is 4.90 Å². The molecule has 0 spiro atoms. The van der Waals surface area contributed by atoms with E-state index >= 15 is 0 Å². The Labute approximate surface area is 171 Å². The summed E-state index contributed by atoms with van der Waals surface area (Å²) in [5.74, 6) is -2.04. The number of nitro groups is 1. The van der Waals surface area contributed by atoms with Gasteiger partial charge in [0.2, 0.25) is 5.91 Å². The summed E-state index contributed by atoms with van der Waals surface area (Å²) in [6.07, 6.45) is 1.38. The predicted molar refractivity (Wildman–Crippen MR) is 107 cm³/mol. The minimum Gasteiger partial charge on any atom is -0.478 e. The monoisotopic (exact) mass is 406 g/mol. The Morgan fingerprint density at radius 3 is 2.43 bits per heavy atom. The summed E-state index contributed by atoms with van der Waals surface area (Å²) >= 11 is 0. The third-order valence-electron chi connectivity index (χ3n) is 5.56. The third kappa shape index (κ3) is 3.26. The largest absolute Gasteiger partial charge is 0.478 e. The van der Waals surface area contributed by atoms with Crippen LogP contribution in [-0.2, 0) is 9.59 Å². The fourth-order valence-electron chi connectivity index (χ4n) is 4.23. The molecule has 2 aromatic rings. The van der Waals surface area contributed by atoms with Crippen LogP contribution in [0, 0.1) is 10.1 Å². The van der Waals surface area contributed by atoms with E-state index < -0.39 is 16.8 Å². The number of aromatic carboxylic acids is 1. The molecule has 1 atom stereocenters. The maximum Gasteiger partial charge on any atom is 0.337 e. The number of carboxylic acids is 1. The highest BCUT2D eigenvalue weighted by atomic mass is 16.6. The molecular formula is C22H18N2O6. The lowest BCUT2D eigenvalue weighted by molar-refractivity contribution is -0.384. The number of anilines is 1. The zero-order chi connectivity index (χ0) is 21.4. The average molecular weight is 406 g/mol. The van der Waals surface area contributed by atoms with Gasteiger partial charge >= 0.3 is 5.97 Å². The first-order valence-electron chi connectivity index (χ1n) is 9.54. The number of carbonyl (C=O) groups excluding carboxylic acids is 2. The van der Waals surface area contributed by atoms with E-state index in [1.54, 1.807) is 30.3 Å². The van der Waals surface area contributed by atoms with Gasteiger partial charge in [0.1, 0.15) is 0 Å². The van der Waals surface area contributed by atoms with Crippen LogP contribution in [0.1, 0.15) is 47.5 Å². The van der Waals surface area contributed by atoms with Gasteiger partial charge in [0.05, 0.1) is 16.2 Å². The fourth-order valence-corrected chi connectivity index (χ4v) is 4.23. The standard InChI is InChI=1S/C22H18N2O6/c25-19-7-3-6-18-21(19)16(13-8-10-14(11-9-13)24(29)30)12-20(26)23(18)17-5-2-1-4-15(17)22(27)28/h1-2,4-5,8-11,16H,3,6-7,12H2,(H,27,28)/t16-/m1/s1. The van der Waals surface area contributed by atoms with Crippen LogP contribution in [0.3, 0.4) is 0 Å². The van der Waals surface area contributed by atoms with E-state index in [1.807, 2.05) is 0 Å². The number of non-ortho nitro benzene ring substituents is 1. The summed E-state index contributed by atoms with van der Waals surface area (Å²) in [7, 11) is 0. The molecule has 30 heavy (non-hydrogen) atoms. The Kier molecular flexibility index (Phi) is 4.91. The molecule has 0 unspecified atom stereocenters. The second kappa shape index (κ2) is 7.55. The highest BCUT2D eigenvalue weighted by Gasteiger charge is 2.40. The molecule has 0 bridgehead atoms. The molecule has 8 heteroatoms. The lowest BCUT2D eigenvalue weighted by Gasteiger charge is -2.38. The molecule has 1 N–H and O–H groups in total. The number of carbonyl (C=O) groups is 3. The number of para-hydroxylation sites is 1. The van der Waals surface area contributed by atoms with Crippen molar-refractivity contribution in [2.24, 2.45) is 0 Å². The van der Waals surface area contributed by atoms with Crippen LogP contribution in [0.5, 0.6) is 0 Å². The minimum absolute atomic E-state index is 0.00971. The zero-order valence-electron chi connectivity index (χ0n) is 15.9. The first kappa shape index (κ1) is 19.5. The van der Waals surface area contributed by atoms with Crippen molar-refractivity contribution in [1.82, 2.24) is 0 Å². The maximum atomic E-state index is 13.2. The van der Waals surface area contributed by atoms with Crippen LogP contribution in [0.15, 0.2) is 59.8 Å². The molecule has 4 rings (SSSR count). The number of hydrogen-bond acceptors (Lipinski definition) is 5. The molecule has 8 nitrogen and oxygen atoms in total. The van der Waals surface area contributed by atoms with Gasteiger partial charge in [0.25, 0.3) is 5.69 Å². The van der Waals surface area contributed by atoms with E-state index in [0.29, 0.717) is 36.1 Å². The molecule has 1 aliphatic carbocycles. The molecule has 2 aliphatic rings. The van der Waals surface area contributed by atoms with Gasteiger partial charge in [-0.1, -0.05) is 24.3 Å². The number of nitro benzene ring substituents is 1. The maximum absolute atomic E-state index is 13.2. The van der Waals surface area contributed by atoms with Crippen molar-refractivity contribution in [3.8, 4) is 0 Å². The minimum atomic E-state index is -1.15. The first-order valence-corrected chi connectivity index (χ1v) is 9.54.